The Morgan fingerprint density at radius 2 is 1.95 bits per heavy atom. The molecular formula is C16H18N4O2. The van der Waals surface area contributed by atoms with E-state index in [-0.39, 0.29) is 17.8 Å². The van der Waals surface area contributed by atoms with Gasteiger partial charge in [0, 0.05) is 12.1 Å². The van der Waals surface area contributed by atoms with Crippen molar-refractivity contribution in [1.29, 1.82) is 0 Å². The molecule has 1 aromatic heterocycles. The van der Waals surface area contributed by atoms with Crippen LogP contribution in [0.5, 0.6) is 11.5 Å². The molecule has 1 aromatic carbocycles. The number of para-hydroxylation sites is 2. The van der Waals surface area contributed by atoms with Crippen LogP contribution in [0, 0.1) is 0 Å². The van der Waals surface area contributed by atoms with Gasteiger partial charge in [-0.25, -0.2) is 4.79 Å². The minimum Gasteiger partial charge on any atom is -0.450 e. The van der Waals surface area contributed by atoms with E-state index in [1.54, 1.807) is 10.8 Å². The quantitative estimate of drug-likeness (QED) is 0.721. The molecule has 0 atom stereocenters. The van der Waals surface area contributed by atoms with E-state index >= 15 is 0 Å². The van der Waals surface area contributed by atoms with Gasteiger partial charge in [-0.3, -0.25) is 4.57 Å². The number of ether oxygens (including phenoxy) is 1. The van der Waals surface area contributed by atoms with Gasteiger partial charge in [0.15, 0.2) is 17.3 Å². The average molecular weight is 298 g/mol. The normalized spacial score (nSPS) is 23.0. The van der Waals surface area contributed by atoms with Crippen molar-refractivity contribution in [2.75, 3.05) is 5.32 Å². The summed E-state index contributed by atoms with van der Waals surface area (Å²) < 4.78 is 7.57. The van der Waals surface area contributed by atoms with E-state index in [4.69, 9.17) is 10.5 Å². The fourth-order valence-corrected chi connectivity index (χ4v) is 3.16. The van der Waals surface area contributed by atoms with Gasteiger partial charge in [0.1, 0.15) is 0 Å². The number of nitrogens with one attached hydrogen (secondary N) is 1. The van der Waals surface area contributed by atoms with Crippen molar-refractivity contribution in [2.45, 2.75) is 37.8 Å². The summed E-state index contributed by atoms with van der Waals surface area (Å²) in [6.45, 7) is 0. The summed E-state index contributed by atoms with van der Waals surface area (Å²) in [7, 11) is 0. The number of aromatic nitrogens is 2. The second-order valence-corrected chi connectivity index (χ2v) is 5.94. The number of nitrogens with two attached hydrogens (primary N) is 1. The third-order valence-corrected chi connectivity index (χ3v) is 4.41. The highest BCUT2D eigenvalue weighted by molar-refractivity contribution is 5.72. The predicted octanol–water partition coefficient (Wildman–Crippen LogP) is 2.54. The molecule has 2 heterocycles. The molecule has 0 spiro atoms. The lowest BCUT2D eigenvalue weighted by Gasteiger charge is -2.28. The molecule has 4 rings (SSSR count). The molecule has 1 saturated carbocycles. The molecule has 0 unspecified atom stereocenters. The van der Waals surface area contributed by atoms with Crippen LogP contribution < -0.4 is 21.5 Å². The van der Waals surface area contributed by atoms with E-state index in [0.717, 1.165) is 37.1 Å². The van der Waals surface area contributed by atoms with Crippen LogP contribution in [-0.2, 0) is 0 Å². The highest BCUT2D eigenvalue weighted by atomic mass is 16.5. The predicted molar refractivity (Wildman–Crippen MR) is 83.8 cm³/mol. The number of nitrogens with zero attached hydrogens (tertiary/aromatic N) is 2. The summed E-state index contributed by atoms with van der Waals surface area (Å²) in [6, 6.07) is 8.02. The van der Waals surface area contributed by atoms with Crippen molar-refractivity contribution in [1.82, 2.24) is 9.55 Å². The third-order valence-electron chi connectivity index (χ3n) is 4.41. The monoisotopic (exact) mass is 298 g/mol. The summed E-state index contributed by atoms with van der Waals surface area (Å²) >= 11 is 0. The van der Waals surface area contributed by atoms with E-state index < -0.39 is 0 Å². The Bertz CT molecular complexity index is 763. The summed E-state index contributed by atoms with van der Waals surface area (Å²) in [5, 5.41) is 3.15. The standard InChI is InChI=1S/C16H18N4O2/c17-10-5-7-11(8-6-10)20-9-14-15(19-16(20)21)18-12-3-1-2-4-13(12)22-14/h1-4,9-11H,5-8,17H2,(H,18,19,21). The first-order valence-corrected chi connectivity index (χ1v) is 7.63. The van der Waals surface area contributed by atoms with Crippen LogP contribution in [0.1, 0.15) is 31.7 Å². The first-order valence-electron chi connectivity index (χ1n) is 7.63. The van der Waals surface area contributed by atoms with Gasteiger partial charge in [0.05, 0.1) is 11.9 Å². The maximum absolute atomic E-state index is 12.3. The van der Waals surface area contributed by atoms with Crippen LogP contribution in [0.2, 0.25) is 0 Å². The Morgan fingerprint density at radius 1 is 1.18 bits per heavy atom. The Labute approximate surface area is 127 Å². The van der Waals surface area contributed by atoms with E-state index in [0.29, 0.717) is 11.6 Å². The topological polar surface area (TPSA) is 82.2 Å². The molecule has 114 valence electrons. The van der Waals surface area contributed by atoms with E-state index in [1.165, 1.54) is 0 Å². The second kappa shape index (κ2) is 5.14. The number of hydrogen-bond acceptors (Lipinski definition) is 5. The molecule has 22 heavy (non-hydrogen) atoms. The molecule has 6 nitrogen and oxygen atoms in total. The van der Waals surface area contributed by atoms with E-state index in [2.05, 4.69) is 10.3 Å². The maximum atomic E-state index is 12.3. The minimum absolute atomic E-state index is 0.158. The van der Waals surface area contributed by atoms with Gasteiger partial charge >= 0.3 is 5.69 Å². The van der Waals surface area contributed by atoms with Gasteiger partial charge < -0.3 is 15.8 Å². The van der Waals surface area contributed by atoms with Gasteiger partial charge in [-0.2, -0.15) is 4.98 Å². The molecule has 0 amide bonds. The lowest BCUT2D eigenvalue weighted by molar-refractivity contribution is 0.312. The third kappa shape index (κ3) is 2.25. The van der Waals surface area contributed by atoms with Crippen LogP contribution >= 0.6 is 0 Å². The number of fused-ring (bicyclic) bond motifs is 2. The van der Waals surface area contributed by atoms with Gasteiger partial charge in [0.25, 0.3) is 0 Å². The van der Waals surface area contributed by atoms with Crippen molar-refractivity contribution in [3.63, 3.8) is 0 Å². The van der Waals surface area contributed by atoms with Crippen LogP contribution in [-0.4, -0.2) is 15.6 Å². The minimum atomic E-state index is -0.241. The fraction of sp³-hybridized carbons (Fsp3) is 0.375. The van der Waals surface area contributed by atoms with Crippen LogP contribution in [0.25, 0.3) is 0 Å². The second-order valence-electron chi connectivity index (χ2n) is 5.94. The SMILES string of the molecule is NC1CCC(n2cc3c(nc2=O)Nc2ccccc2O3)CC1. The molecule has 1 aliphatic heterocycles. The van der Waals surface area contributed by atoms with Gasteiger partial charge in [0.2, 0.25) is 0 Å². The van der Waals surface area contributed by atoms with Crippen LogP contribution in [0.3, 0.4) is 0 Å². The Kier molecular flexibility index (Phi) is 3.11. The Balaban J connectivity index is 1.68. The van der Waals surface area contributed by atoms with Gasteiger partial charge in [-0.15, -0.1) is 0 Å². The molecule has 0 saturated heterocycles. The summed E-state index contributed by atoms with van der Waals surface area (Å²) in [4.78, 5) is 16.5. The average Bonchev–Trinajstić information content (AvgIpc) is 2.53. The van der Waals surface area contributed by atoms with Gasteiger partial charge in [-0.1, -0.05) is 12.1 Å². The molecule has 6 heteroatoms. The van der Waals surface area contributed by atoms with Crippen molar-refractivity contribution in [2.24, 2.45) is 5.73 Å². The zero-order chi connectivity index (χ0) is 15.1. The molecular weight excluding hydrogens is 280 g/mol. The van der Waals surface area contributed by atoms with Crippen molar-refractivity contribution < 1.29 is 4.74 Å². The Morgan fingerprint density at radius 3 is 2.77 bits per heavy atom. The van der Waals surface area contributed by atoms with Crippen LogP contribution in [0.4, 0.5) is 11.5 Å². The molecule has 2 aliphatic rings. The highest BCUT2D eigenvalue weighted by Crippen LogP contribution is 2.40. The van der Waals surface area contributed by atoms with Crippen molar-refractivity contribution in [3.8, 4) is 11.5 Å². The van der Waals surface area contributed by atoms with E-state index in [9.17, 15) is 4.79 Å². The number of benzene rings is 1. The first-order chi connectivity index (χ1) is 10.7. The van der Waals surface area contributed by atoms with Crippen LogP contribution in [0.15, 0.2) is 35.3 Å². The lowest BCUT2D eigenvalue weighted by atomic mass is 9.92. The van der Waals surface area contributed by atoms with Crippen molar-refractivity contribution >= 4 is 11.5 Å². The Hall–Kier alpha value is -2.34. The van der Waals surface area contributed by atoms with E-state index in [1.807, 2.05) is 24.3 Å². The largest absolute Gasteiger partial charge is 0.450 e. The first kappa shape index (κ1) is 13.3. The molecule has 2 aromatic rings. The molecule has 0 bridgehead atoms. The molecule has 3 N–H and O–H groups in total. The number of rotatable bonds is 1. The summed E-state index contributed by atoms with van der Waals surface area (Å²) in [5.41, 5.74) is 6.52. The highest BCUT2D eigenvalue weighted by Gasteiger charge is 2.24. The summed E-state index contributed by atoms with van der Waals surface area (Å²) in [6.07, 6.45) is 5.47. The molecule has 1 aliphatic carbocycles. The fourth-order valence-electron chi connectivity index (χ4n) is 3.16. The molecule has 0 radical (unpaired) electrons. The number of anilines is 2. The van der Waals surface area contributed by atoms with Crippen molar-refractivity contribution in [3.05, 3.63) is 40.9 Å². The smallest absolute Gasteiger partial charge is 0.350 e. The van der Waals surface area contributed by atoms with Gasteiger partial charge in [-0.05, 0) is 37.8 Å². The zero-order valence-corrected chi connectivity index (χ0v) is 12.2. The maximum Gasteiger partial charge on any atom is 0.350 e. The molecule has 1 fully saturated rings. The number of hydrogen-bond donors (Lipinski definition) is 2. The zero-order valence-electron chi connectivity index (χ0n) is 12.2. The lowest BCUT2D eigenvalue weighted by Crippen LogP contribution is -2.33. The summed E-state index contributed by atoms with van der Waals surface area (Å²) in [5.74, 6) is 1.81.